The van der Waals surface area contributed by atoms with E-state index in [-0.39, 0.29) is 5.78 Å². The van der Waals surface area contributed by atoms with E-state index in [4.69, 9.17) is 4.74 Å². The van der Waals surface area contributed by atoms with Gasteiger partial charge >= 0.3 is 0 Å². The molecule has 104 valence electrons. The van der Waals surface area contributed by atoms with Gasteiger partial charge in [0, 0.05) is 15.4 Å². The van der Waals surface area contributed by atoms with Crippen LogP contribution >= 0.6 is 31.9 Å². The van der Waals surface area contributed by atoms with Gasteiger partial charge in [-0.25, -0.2) is 0 Å². The fourth-order valence-corrected chi connectivity index (χ4v) is 2.53. The van der Waals surface area contributed by atoms with Crippen LogP contribution in [0.25, 0.3) is 0 Å². The predicted molar refractivity (Wildman–Crippen MR) is 87.6 cm³/mol. The summed E-state index contributed by atoms with van der Waals surface area (Å²) < 4.78 is 7.23. The Hall–Kier alpha value is -1.13. The lowest BCUT2D eigenvalue weighted by Crippen LogP contribution is -2.06. The van der Waals surface area contributed by atoms with E-state index in [1.54, 1.807) is 7.11 Å². The minimum Gasteiger partial charge on any atom is -0.496 e. The number of hydrogen-bond acceptors (Lipinski definition) is 2. The molecule has 0 aromatic heterocycles. The van der Waals surface area contributed by atoms with Gasteiger partial charge < -0.3 is 4.74 Å². The first-order valence-corrected chi connectivity index (χ1v) is 7.71. The highest BCUT2D eigenvalue weighted by molar-refractivity contribution is 9.10. The number of benzene rings is 2. The van der Waals surface area contributed by atoms with Crippen LogP contribution in [0, 0.1) is 6.92 Å². The van der Waals surface area contributed by atoms with Gasteiger partial charge in [0.05, 0.1) is 12.7 Å². The van der Waals surface area contributed by atoms with Crippen molar-refractivity contribution in [2.75, 3.05) is 7.11 Å². The maximum atomic E-state index is 12.4. The maximum Gasteiger partial charge on any atom is 0.170 e. The Morgan fingerprint density at radius 1 is 1.15 bits per heavy atom. The largest absolute Gasteiger partial charge is 0.496 e. The zero-order valence-corrected chi connectivity index (χ0v) is 14.4. The summed E-state index contributed by atoms with van der Waals surface area (Å²) >= 11 is 6.84. The van der Waals surface area contributed by atoms with Crippen molar-refractivity contribution >= 4 is 37.6 Å². The van der Waals surface area contributed by atoms with Crippen LogP contribution in [0.2, 0.25) is 0 Å². The van der Waals surface area contributed by atoms with Crippen molar-refractivity contribution in [2.45, 2.75) is 13.3 Å². The number of Topliss-reactive ketones (excluding diaryl/α,β-unsaturated/α-hetero) is 1. The number of carbonyl (C=O) groups is 1. The van der Waals surface area contributed by atoms with Crippen molar-refractivity contribution in [3.05, 3.63) is 62.0 Å². The van der Waals surface area contributed by atoms with Crippen LogP contribution in [-0.4, -0.2) is 12.9 Å². The summed E-state index contributed by atoms with van der Waals surface area (Å²) in [6, 6.07) is 11.5. The van der Waals surface area contributed by atoms with Crippen LogP contribution in [0.3, 0.4) is 0 Å². The first kappa shape index (κ1) is 15.3. The molecule has 0 radical (unpaired) electrons. The molecule has 0 aliphatic rings. The monoisotopic (exact) mass is 396 g/mol. The topological polar surface area (TPSA) is 26.3 Å². The quantitative estimate of drug-likeness (QED) is 0.682. The predicted octanol–water partition coefficient (Wildman–Crippen LogP) is 4.95. The Labute approximate surface area is 135 Å². The number of ether oxygens (including phenoxy) is 1. The molecular formula is C16H14Br2O2. The average Bonchev–Trinajstić information content (AvgIpc) is 2.43. The van der Waals surface area contributed by atoms with Gasteiger partial charge in [0.2, 0.25) is 0 Å². The number of methoxy groups -OCH3 is 1. The summed E-state index contributed by atoms with van der Waals surface area (Å²) in [5.41, 5.74) is 2.63. The molecule has 0 N–H and O–H groups in total. The van der Waals surface area contributed by atoms with Crippen molar-refractivity contribution in [3.63, 3.8) is 0 Å². The third-order valence-electron chi connectivity index (χ3n) is 3.06. The van der Waals surface area contributed by atoms with Crippen molar-refractivity contribution < 1.29 is 9.53 Å². The molecule has 0 heterocycles. The number of aryl methyl sites for hydroxylation is 1. The maximum absolute atomic E-state index is 12.4. The molecule has 0 saturated heterocycles. The Kier molecular flexibility index (Phi) is 5.00. The lowest BCUT2D eigenvalue weighted by molar-refractivity contribution is 0.0990. The first-order valence-electron chi connectivity index (χ1n) is 6.13. The molecule has 2 nitrogen and oxygen atoms in total. The van der Waals surface area contributed by atoms with Gasteiger partial charge in [0.25, 0.3) is 0 Å². The summed E-state index contributed by atoms with van der Waals surface area (Å²) in [6.07, 6.45) is 0.360. The standard InChI is InChI=1S/C16H14Br2O2/c1-10-7-16(20-2)13(9-14(10)18)15(19)8-11-3-5-12(17)6-4-11/h3-7,9H,8H2,1-2H3. The van der Waals surface area contributed by atoms with E-state index in [1.165, 1.54) is 0 Å². The molecule has 0 aliphatic carbocycles. The van der Waals surface area contributed by atoms with E-state index < -0.39 is 0 Å². The number of rotatable bonds is 4. The van der Waals surface area contributed by atoms with Gasteiger partial charge in [0.1, 0.15) is 5.75 Å². The van der Waals surface area contributed by atoms with Crippen molar-refractivity contribution in [3.8, 4) is 5.75 Å². The molecule has 0 fully saturated rings. The van der Waals surface area contributed by atoms with Gasteiger partial charge in [0.15, 0.2) is 5.78 Å². The lowest BCUT2D eigenvalue weighted by Gasteiger charge is -2.10. The van der Waals surface area contributed by atoms with Crippen LogP contribution in [0.5, 0.6) is 5.75 Å². The molecule has 2 aromatic rings. The number of carbonyl (C=O) groups excluding carboxylic acids is 1. The minimum absolute atomic E-state index is 0.0462. The number of hydrogen-bond donors (Lipinski definition) is 0. The highest BCUT2D eigenvalue weighted by Gasteiger charge is 2.15. The summed E-state index contributed by atoms with van der Waals surface area (Å²) in [5.74, 6) is 0.665. The minimum atomic E-state index is 0.0462. The van der Waals surface area contributed by atoms with Crippen LogP contribution in [0.1, 0.15) is 21.5 Å². The Morgan fingerprint density at radius 2 is 1.80 bits per heavy atom. The normalized spacial score (nSPS) is 10.4. The van der Waals surface area contributed by atoms with Crippen molar-refractivity contribution in [1.29, 1.82) is 0 Å². The molecule has 2 rings (SSSR count). The van der Waals surface area contributed by atoms with Crippen LogP contribution < -0.4 is 4.74 Å². The average molecular weight is 398 g/mol. The van der Waals surface area contributed by atoms with Crippen LogP contribution in [-0.2, 0) is 6.42 Å². The molecular weight excluding hydrogens is 384 g/mol. The zero-order valence-electron chi connectivity index (χ0n) is 11.2. The highest BCUT2D eigenvalue weighted by atomic mass is 79.9. The highest BCUT2D eigenvalue weighted by Crippen LogP contribution is 2.28. The van der Waals surface area contributed by atoms with Gasteiger partial charge in [-0.2, -0.15) is 0 Å². The van der Waals surface area contributed by atoms with Crippen LogP contribution in [0.4, 0.5) is 0 Å². The number of halogens is 2. The molecule has 0 atom stereocenters. The van der Waals surface area contributed by atoms with E-state index in [1.807, 2.05) is 43.3 Å². The third kappa shape index (κ3) is 3.49. The van der Waals surface area contributed by atoms with Crippen molar-refractivity contribution in [2.24, 2.45) is 0 Å². The lowest BCUT2D eigenvalue weighted by atomic mass is 10.0. The zero-order chi connectivity index (χ0) is 14.7. The fraction of sp³-hybridized carbons (Fsp3) is 0.188. The van der Waals surface area contributed by atoms with E-state index in [2.05, 4.69) is 31.9 Å². The molecule has 4 heteroatoms. The second-order valence-corrected chi connectivity index (χ2v) is 6.30. The summed E-state index contributed by atoms with van der Waals surface area (Å²) in [6.45, 7) is 1.97. The molecule has 2 aromatic carbocycles. The summed E-state index contributed by atoms with van der Waals surface area (Å²) in [4.78, 5) is 12.4. The van der Waals surface area contributed by atoms with E-state index in [0.717, 1.165) is 20.1 Å². The fourth-order valence-electron chi connectivity index (χ4n) is 1.92. The van der Waals surface area contributed by atoms with E-state index in [9.17, 15) is 4.79 Å². The molecule has 0 spiro atoms. The van der Waals surface area contributed by atoms with Gasteiger partial charge in [-0.05, 0) is 42.3 Å². The Balaban J connectivity index is 2.29. The number of ketones is 1. The SMILES string of the molecule is COc1cc(C)c(Br)cc1C(=O)Cc1ccc(Br)cc1. The molecule has 20 heavy (non-hydrogen) atoms. The molecule has 0 aliphatic heterocycles. The molecule has 0 unspecified atom stereocenters. The third-order valence-corrected chi connectivity index (χ3v) is 4.44. The Morgan fingerprint density at radius 3 is 2.40 bits per heavy atom. The summed E-state index contributed by atoms with van der Waals surface area (Å²) in [7, 11) is 1.58. The smallest absolute Gasteiger partial charge is 0.170 e. The second kappa shape index (κ2) is 6.55. The molecule has 0 saturated carbocycles. The van der Waals surface area contributed by atoms with Gasteiger partial charge in [-0.3, -0.25) is 4.79 Å². The molecule has 0 amide bonds. The molecule has 0 bridgehead atoms. The Bertz CT molecular complexity index is 634. The van der Waals surface area contributed by atoms with Crippen LogP contribution in [0.15, 0.2) is 45.3 Å². The van der Waals surface area contributed by atoms with E-state index >= 15 is 0 Å². The van der Waals surface area contributed by atoms with Gasteiger partial charge in [-0.1, -0.05) is 44.0 Å². The second-order valence-electron chi connectivity index (χ2n) is 4.53. The summed E-state index contributed by atoms with van der Waals surface area (Å²) in [5, 5.41) is 0. The van der Waals surface area contributed by atoms with Crippen molar-refractivity contribution in [1.82, 2.24) is 0 Å². The first-order chi connectivity index (χ1) is 9.51. The van der Waals surface area contributed by atoms with Gasteiger partial charge in [-0.15, -0.1) is 0 Å². The van der Waals surface area contributed by atoms with E-state index in [0.29, 0.717) is 17.7 Å².